The van der Waals surface area contributed by atoms with E-state index in [-0.39, 0.29) is 0 Å². The van der Waals surface area contributed by atoms with Gasteiger partial charge in [0.15, 0.2) is 0 Å². The number of allylic oxidation sites excluding steroid dienone is 1. The molecule has 2 aromatic carbocycles. The molecule has 0 spiro atoms. The summed E-state index contributed by atoms with van der Waals surface area (Å²) in [7, 11) is 0. The molecular formula is C18H16O. The average Bonchev–Trinajstić information content (AvgIpc) is 2.75. The van der Waals surface area contributed by atoms with Gasteiger partial charge in [0.05, 0.1) is 0 Å². The molecule has 1 heteroatoms. The molecule has 0 saturated carbocycles. The van der Waals surface area contributed by atoms with Crippen LogP contribution in [0.3, 0.4) is 0 Å². The van der Waals surface area contributed by atoms with E-state index >= 15 is 0 Å². The number of fused-ring (bicyclic) bond motifs is 1. The smallest absolute Gasteiger partial charge is 0.147 e. The fourth-order valence-electron chi connectivity index (χ4n) is 2.95. The van der Waals surface area contributed by atoms with Gasteiger partial charge in [-0.3, -0.25) is 4.79 Å². The molecule has 0 bridgehead atoms. The lowest BCUT2D eigenvalue weighted by Gasteiger charge is -2.09. The molecular weight excluding hydrogens is 232 g/mol. The number of aldehydes is 1. The van der Waals surface area contributed by atoms with Gasteiger partial charge in [-0.1, -0.05) is 53.6 Å². The molecule has 0 aromatic heterocycles. The molecule has 1 aliphatic carbocycles. The molecule has 0 heterocycles. The lowest BCUT2D eigenvalue weighted by molar-refractivity contribution is -0.104. The fourth-order valence-corrected chi connectivity index (χ4v) is 2.95. The highest BCUT2D eigenvalue weighted by atomic mass is 16.1. The first kappa shape index (κ1) is 11.9. The second kappa shape index (κ2) is 4.51. The summed E-state index contributed by atoms with van der Waals surface area (Å²) in [5.41, 5.74) is 8.08. The summed E-state index contributed by atoms with van der Waals surface area (Å²) in [6, 6.07) is 14.8. The van der Waals surface area contributed by atoms with Crippen LogP contribution in [0.15, 0.2) is 48.0 Å². The van der Waals surface area contributed by atoms with Gasteiger partial charge < -0.3 is 0 Å². The molecule has 3 rings (SSSR count). The lowest BCUT2D eigenvalue weighted by Crippen LogP contribution is -1.91. The number of carbonyl (C=O) groups is 1. The van der Waals surface area contributed by atoms with Crippen molar-refractivity contribution in [1.82, 2.24) is 0 Å². The van der Waals surface area contributed by atoms with E-state index in [9.17, 15) is 4.79 Å². The minimum atomic E-state index is 0.752. The number of rotatable bonds is 2. The van der Waals surface area contributed by atoms with Crippen LogP contribution in [0.2, 0.25) is 0 Å². The number of hydrogen-bond acceptors (Lipinski definition) is 1. The maximum atomic E-state index is 11.4. The van der Waals surface area contributed by atoms with Crippen LogP contribution in [-0.4, -0.2) is 6.29 Å². The molecule has 19 heavy (non-hydrogen) atoms. The first-order valence-electron chi connectivity index (χ1n) is 6.54. The van der Waals surface area contributed by atoms with Crippen LogP contribution in [-0.2, 0) is 11.2 Å². The van der Waals surface area contributed by atoms with Crippen molar-refractivity contribution in [3.05, 3.63) is 75.9 Å². The minimum absolute atomic E-state index is 0.752. The Kier molecular flexibility index (Phi) is 2.83. The molecule has 1 aliphatic rings. The van der Waals surface area contributed by atoms with Gasteiger partial charge in [-0.15, -0.1) is 0 Å². The normalized spacial score (nSPS) is 13.6. The van der Waals surface area contributed by atoms with Crippen molar-refractivity contribution in [1.29, 1.82) is 0 Å². The van der Waals surface area contributed by atoms with E-state index in [1.165, 1.54) is 22.3 Å². The standard InChI is InChI=1S/C18H16O/c1-12-7-13(2)9-15(8-12)18-16(11-19)10-14-5-3-4-6-17(14)18/h3-9,11H,10H2,1-2H3. The highest BCUT2D eigenvalue weighted by molar-refractivity contribution is 5.99. The SMILES string of the molecule is Cc1cc(C)cc(C2=C(C=O)Cc3ccccc32)c1. The first-order chi connectivity index (χ1) is 9.19. The number of benzene rings is 2. The van der Waals surface area contributed by atoms with Crippen molar-refractivity contribution in [2.45, 2.75) is 20.3 Å². The summed E-state index contributed by atoms with van der Waals surface area (Å²) >= 11 is 0. The zero-order valence-corrected chi connectivity index (χ0v) is 11.2. The molecule has 0 amide bonds. The van der Waals surface area contributed by atoms with Gasteiger partial charge in [-0.05, 0) is 36.1 Å². The maximum absolute atomic E-state index is 11.4. The van der Waals surface area contributed by atoms with Crippen molar-refractivity contribution < 1.29 is 4.79 Å². The summed E-state index contributed by atoms with van der Waals surface area (Å²) in [5, 5.41) is 0. The second-order valence-electron chi connectivity index (χ2n) is 5.23. The third-order valence-corrected chi connectivity index (χ3v) is 3.64. The van der Waals surface area contributed by atoms with E-state index < -0.39 is 0 Å². The van der Waals surface area contributed by atoms with Crippen LogP contribution in [0.1, 0.15) is 27.8 Å². The Balaban J connectivity index is 2.24. The maximum Gasteiger partial charge on any atom is 0.147 e. The predicted molar refractivity (Wildman–Crippen MR) is 78.1 cm³/mol. The topological polar surface area (TPSA) is 17.1 Å². The molecule has 0 N–H and O–H groups in total. The van der Waals surface area contributed by atoms with Gasteiger partial charge in [0.2, 0.25) is 0 Å². The Bertz CT molecular complexity index is 672. The van der Waals surface area contributed by atoms with Gasteiger partial charge in [0.1, 0.15) is 6.29 Å². The van der Waals surface area contributed by atoms with Gasteiger partial charge >= 0.3 is 0 Å². The molecule has 0 atom stereocenters. The van der Waals surface area contributed by atoms with Crippen LogP contribution < -0.4 is 0 Å². The van der Waals surface area contributed by atoms with E-state index in [2.05, 4.69) is 44.2 Å². The zero-order valence-electron chi connectivity index (χ0n) is 11.2. The van der Waals surface area contributed by atoms with Crippen molar-refractivity contribution in [3.8, 4) is 0 Å². The molecule has 2 aromatic rings. The van der Waals surface area contributed by atoms with E-state index in [1.54, 1.807) is 0 Å². The third-order valence-electron chi connectivity index (χ3n) is 3.64. The number of carbonyl (C=O) groups excluding carboxylic acids is 1. The van der Waals surface area contributed by atoms with Crippen LogP contribution in [0.5, 0.6) is 0 Å². The third kappa shape index (κ3) is 2.01. The summed E-state index contributed by atoms with van der Waals surface area (Å²) in [5.74, 6) is 0. The van der Waals surface area contributed by atoms with E-state index in [0.717, 1.165) is 29.4 Å². The molecule has 0 fully saturated rings. The molecule has 0 aliphatic heterocycles. The lowest BCUT2D eigenvalue weighted by atomic mass is 9.95. The van der Waals surface area contributed by atoms with Gasteiger partial charge in [0.25, 0.3) is 0 Å². The van der Waals surface area contributed by atoms with Crippen molar-refractivity contribution in [2.24, 2.45) is 0 Å². The molecule has 0 unspecified atom stereocenters. The Hall–Kier alpha value is -2.15. The van der Waals surface area contributed by atoms with Crippen LogP contribution in [0.25, 0.3) is 5.57 Å². The van der Waals surface area contributed by atoms with E-state index in [4.69, 9.17) is 0 Å². The van der Waals surface area contributed by atoms with Gasteiger partial charge in [-0.2, -0.15) is 0 Å². The highest BCUT2D eigenvalue weighted by Gasteiger charge is 2.22. The van der Waals surface area contributed by atoms with Crippen LogP contribution in [0, 0.1) is 13.8 Å². The van der Waals surface area contributed by atoms with Crippen molar-refractivity contribution >= 4 is 11.9 Å². The summed E-state index contributed by atoms with van der Waals surface area (Å²) in [6.45, 7) is 4.19. The fraction of sp³-hybridized carbons (Fsp3) is 0.167. The zero-order chi connectivity index (χ0) is 13.4. The van der Waals surface area contributed by atoms with Gasteiger partial charge in [-0.25, -0.2) is 0 Å². The van der Waals surface area contributed by atoms with E-state index in [0.29, 0.717) is 0 Å². The molecule has 0 saturated heterocycles. The average molecular weight is 248 g/mol. The van der Waals surface area contributed by atoms with Crippen molar-refractivity contribution in [3.63, 3.8) is 0 Å². The van der Waals surface area contributed by atoms with Crippen LogP contribution >= 0.6 is 0 Å². The quantitative estimate of drug-likeness (QED) is 0.737. The van der Waals surface area contributed by atoms with Crippen molar-refractivity contribution in [2.75, 3.05) is 0 Å². The summed E-state index contributed by atoms with van der Waals surface area (Å²) in [4.78, 5) is 11.4. The first-order valence-corrected chi connectivity index (χ1v) is 6.54. The molecule has 94 valence electrons. The van der Waals surface area contributed by atoms with Crippen LogP contribution in [0.4, 0.5) is 0 Å². The van der Waals surface area contributed by atoms with E-state index in [1.807, 2.05) is 12.1 Å². The second-order valence-corrected chi connectivity index (χ2v) is 5.23. The number of hydrogen-bond donors (Lipinski definition) is 0. The predicted octanol–water partition coefficient (Wildman–Crippen LogP) is 3.86. The highest BCUT2D eigenvalue weighted by Crippen LogP contribution is 2.37. The molecule has 1 nitrogen and oxygen atoms in total. The Morgan fingerprint density at radius 1 is 1.00 bits per heavy atom. The largest absolute Gasteiger partial charge is 0.298 e. The molecule has 0 radical (unpaired) electrons. The number of aryl methyl sites for hydroxylation is 2. The monoisotopic (exact) mass is 248 g/mol. The summed E-state index contributed by atoms with van der Waals surface area (Å²) in [6.07, 6.45) is 1.76. The Morgan fingerprint density at radius 2 is 1.68 bits per heavy atom. The Morgan fingerprint density at radius 3 is 2.37 bits per heavy atom. The minimum Gasteiger partial charge on any atom is -0.298 e. The summed E-state index contributed by atoms with van der Waals surface area (Å²) < 4.78 is 0. The van der Waals surface area contributed by atoms with Gasteiger partial charge in [0, 0.05) is 12.0 Å². The Labute approximate surface area is 113 Å².